The Labute approximate surface area is 123 Å². The average molecular weight is 299 g/mol. The highest BCUT2D eigenvalue weighted by Crippen LogP contribution is 2.16. The molecular formula is C13H21N3O3S. The molecule has 2 heterocycles. The predicted molar refractivity (Wildman–Crippen MR) is 76.6 cm³/mol. The van der Waals surface area contributed by atoms with Gasteiger partial charge in [-0.05, 0) is 0 Å². The molecule has 112 valence electrons. The second-order valence-electron chi connectivity index (χ2n) is 5.08. The summed E-state index contributed by atoms with van der Waals surface area (Å²) < 4.78 is 5.36. The van der Waals surface area contributed by atoms with Crippen LogP contribution in [0.5, 0.6) is 0 Å². The molecule has 1 aromatic rings. The summed E-state index contributed by atoms with van der Waals surface area (Å²) in [7, 11) is 3.49. The van der Waals surface area contributed by atoms with Gasteiger partial charge in [0, 0.05) is 32.6 Å². The Kier molecular flexibility index (Phi) is 5.47. The first-order chi connectivity index (χ1) is 9.60. The van der Waals surface area contributed by atoms with E-state index in [2.05, 4.69) is 9.88 Å². The summed E-state index contributed by atoms with van der Waals surface area (Å²) in [5, 5.41) is 12.2. The minimum atomic E-state index is 0.0392. The van der Waals surface area contributed by atoms with Gasteiger partial charge in [0.25, 0.3) is 0 Å². The first kappa shape index (κ1) is 15.4. The van der Waals surface area contributed by atoms with E-state index in [9.17, 15) is 9.90 Å². The molecule has 0 radical (unpaired) electrons. The van der Waals surface area contributed by atoms with Crippen LogP contribution in [0.4, 0.5) is 0 Å². The molecule has 0 aromatic carbocycles. The zero-order chi connectivity index (χ0) is 14.5. The van der Waals surface area contributed by atoms with Crippen molar-refractivity contribution >= 4 is 17.2 Å². The fraction of sp³-hybridized carbons (Fsp3) is 0.692. The van der Waals surface area contributed by atoms with E-state index in [1.807, 2.05) is 5.38 Å². The fourth-order valence-corrected chi connectivity index (χ4v) is 2.84. The standard InChI is InChI=1S/C13H21N3O3S/c1-15(2)13(18)5-12-14-10(9-20-12)6-16-3-4-19-8-11(16)7-17/h9,11,17H,3-8H2,1-2H3. The van der Waals surface area contributed by atoms with E-state index in [1.54, 1.807) is 19.0 Å². The molecule has 20 heavy (non-hydrogen) atoms. The van der Waals surface area contributed by atoms with Gasteiger partial charge in [0.05, 0.1) is 38.0 Å². The number of amides is 1. The van der Waals surface area contributed by atoms with E-state index >= 15 is 0 Å². The maximum Gasteiger partial charge on any atom is 0.228 e. The van der Waals surface area contributed by atoms with Crippen molar-refractivity contribution in [1.29, 1.82) is 0 Å². The van der Waals surface area contributed by atoms with Gasteiger partial charge < -0.3 is 14.7 Å². The number of nitrogens with zero attached hydrogens (tertiary/aromatic N) is 3. The first-order valence-electron chi connectivity index (χ1n) is 6.66. The lowest BCUT2D eigenvalue weighted by Crippen LogP contribution is -2.46. The minimum absolute atomic E-state index is 0.0392. The van der Waals surface area contributed by atoms with Crippen LogP contribution in [0.15, 0.2) is 5.38 Å². The van der Waals surface area contributed by atoms with Gasteiger partial charge in [-0.25, -0.2) is 4.98 Å². The van der Waals surface area contributed by atoms with Crippen molar-refractivity contribution < 1.29 is 14.6 Å². The molecule has 1 unspecified atom stereocenters. The van der Waals surface area contributed by atoms with Crippen molar-refractivity contribution in [2.75, 3.05) is 40.5 Å². The molecule has 1 aliphatic rings. The Balaban J connectivity index is 1.93. The summed E-state index contributed by atoms with van der Waals surface area (Å²) in [4.78, 5) is 19.9. The number of morpholine rings is 1. The Morgan fingerprint density at radius 2 is 2.45 bits per heavy atom. The van der Waals surface area contributed by atoms with Crippen LogP contribution in [0.1, 0.15) is 10.7 Å². The normalized spacial score (nSPS) is 20.1. The van der Waals surface area contributed by atoms with E-state index in [-0.39, 0.29) is 18.6 Å². The summed E-state index contributed by atoms with van der Waals surface area (Å²) in [6.07, 6.45) is 0.351. The van der Waals surface area contributed by atoms with Crippen molar-refractivity contribution in [3.63, 3.8) is 0 Å². The topological polar surface area (TPSA) is 65.9 Å². The lowest BCUT2D eigenvalue weighted by Gasteiger charge is -2.33. The van der Waals surface area contributed by atoms with Crippen LogP contribution in [0.2, 0.25) is 0 Å². The monoisotopic (exact) mass is 299 g/mol. The summed E-state index contributed by atoms with van der Waals surface area (Å²) in [6.45, 7) is 2.84. The average Bonchev–Trinajstić information content (AvgIpc) is 2.86. The highest BCUT2D eigenvalue weighted by Gasteiger charge is 2.23. The molecule has 1 atom stereocenters. The number of hydrogen-bond acceptors (Lipinski definition) is 6. The Bertz CT molecular complexity index is 450. The van der Waals surface area contributed by atoms with Crippen LogP contribution in [0.25, 0.3) is 0 Å². The van der Waals surface area contributed by atoms with E-state index in [0.29, 0.717) is 26.2 Å². The van der Waals surface area contributed by atoms with Crippen molar-refractivity contribution in [3.8, 4) is 0 Å². The molecule has 0 aliphatic carbocycles. The fourth-order valence-electron chi connectivity index (χ4n) is 2.06. The summed E-state index contributed by atoms with van der Waals surface area (Å²) in [5.74, 6) is 0.0607. The number of rotatable bonds is 5. The number of thiazole rings is 1. The van der Waals surface area contributed by atoms with Gasteiger partial charge in [0.1, 0.15) is 5.01 Å². The van der Waals surface area contributed by atoms with E-state index < -0.39 is 0 Å². The number of aliphatic hydroxyl groups excluding tert-OH is 1. The number of carbonyl (C=O) groups is 1. The zero-order valence-electron chi connectivity index (χ0n) is 11.9. The molecular weight excluding hydrogens is 278 g/mol. The zero-order valence-corrected chi connectivity index (χ0v) is 12.7. The van der Waals surface area contributed by atoms with Gasteiger partial charge in [0.15, 0.2) is 0 Å². The number of hydrogen-bond donors (Lipinski definition) is 1. The molecule has 1 aromatic heterocycles. The smallest absolute Gasteiger partial charge is 0.228 e. The number of ether oxygens (including phenoxy) is 1. The molecule has 1 saturated heterocycles. The van der Waals surface area contributed by atoms with Crippen molar-refractivity contribution in [3.05, 3.63) is 16.1 Å². The molecule has 0 bridgehead atoms. The molecule has 0 saturated carbocycles. The molecule has 6 nitrogen and oxygen atoms in total. The van der Waals surface area contributed by atoms with Gasteiger partial charge in [-0.15, -0.1) is 11.3 Å². The van der Waals surface area contributed by atoms with E-state index in [4.69, 9.17) is 4.74 Å². The summed E-state index contributed by atoms with van der Waals surface area (Å²) >= 11 is 1.51. The van der Waals surface area contributed by atoms with Crippen LogP contribution in [0, 0.1) is 0 Å². The van der Waals surface area contributed by atoms with Crippen LogP contribution < -0.4 is 0 Å². The van der Waals surface area contributed by atoms with E-state index in [0.717, 1.165) is 17.2 Å². The van der Waals surface area contributed by atoms with Gasteiger partial charge in [-0.2, -0.15) is 0 Å². The lowest BCUT2D eigenvalue weighted by atomic mass is 10.2. The maximum absolute atomic E-state index is 11.6. The highest BCUT2D eigenvalue weighted by atomic mass is 32.1. The second kappa shape index (κ2) is 7.12. The Morgan fingerprint density at radius 1 is 1.65 bits per heavy atom. The molecule has 1 fully saturated rings. The molecule has 7 heteroatoms. The summed E-state index contributed by atoms with van der Waals surface area (Å²) in [5.41, 5.74) is 0.955. The number of carbonyl (C=O) groups excluding carboxylic acids is 1. The predicted octanol–water partition coefficient (Wildman–Crippen LogP) is -0.0331. The first-order valence-corrected chi connectivity index (χ1v) is 7.54. The molecule has 1 amide bonds. The van der Waals surface area contributed by atoms with Gasteiger partial charge in [-0.1, -0.05) is 0 Å². The second-order valence-corrected chi connectivity index (χ2v) is 6.02. The van der Waals surface area contributed by atoms with Crippen LogP contribution in [0.3, 0.4) is 0 Å². The van der Waals surface area contributed by atoms with Crippen LogP contribution in [-0.4, -0.2) is 72.3 Å². The summed E-state index contributed by atoms with van der Waals surface area (Å²) in [6, 6.07) is 0.0392. The third-order valence-corrected chi connectivity index (χ3v) is 4.22. The molecule has 1 aliphatic heterocycles. The van der Waals surface area contributed by atoms with Gasteiger partial charge in [-0.3, -0.25) is 9.69 Å². The minimum Gasteiger partial charge on any atom is -0.395 e. The molecule has 0 spiro atoms. The third kappa shape index (κ3) is 3.99. The van der Waals surface area contributed by atoms with Crippen LogP contribution >= 0.6 is 11.3 Å². The number of likely N-dealkylation sites (N-methyl/N-ethyl adjacent to an activating group) is 1. The Hall–Kier alpha value is -1.02. The van der Waals surface area contributed by atoms with Crippen molar-refractivity contribution in [2.45, 2.75) is 19.0 Å². The largest absolute Gasteiger partial charge is 0.395 e. The van der Waals surface area contributed by atoms with Crippen molar-refractivity contribution in [1.82, 2.24) is 14.8 Å². The Morgan fingerprint density at radius 3 is 3.15 bits per heavy atom. The molecule has 2 rings (SSSR count). The molecule has 1 N–H and O–H groups in total. The van der Waals surface area contributed by atoms with Gasteiger partial charge in [0.2, 0.25) is 5.91 Å². The number of aromatic nitrogens is 1. The quantitative estimate of drug-likeness (QED) is 0.827. The lowest BCUT2D eigenvalue weighted by molar-refractivity contribution is -0.127. The van der Waals surface area contributed by atoms with Crippen molar-refractivity contribution in [2.24, 2.45) is 0 Å². The van der Waals surface area contributed by atoms with E-state index in [1.165, 1.54) is 11.3 Å². The third-order valence-electron chi connectivity index (χ3n) is 3.33. The number of aliphatic hydroxyl groups is 1. The maximum atomic E-state index is 11.6. The van der Waals surface area contributed by atoms with Crippen LogP contribution in [-0.2, 0) is 22.5 Å². The van der Waals surface area contributed by atoms with Gasteiger partial charge >= 0.3 is 0 Å². The highest BCUT2D eigenvalue weighted by molar-refractivity contribution is 7.09. The SMILES string of the molecule is CN(C)C(=O)Cc1nc(CN2CCOCC2CO)cs1.